The van der Waals surface area contributed by atoms with Gasteiger partial charge in [-0.2, -0.15) is 0 Å². The van der Waals surface area contributed by atoms with Gasteiger partial charge in [0.05, 0.1) is 13.2 Å². The third-order valence-corrected chi connectivity index (χ3v) is 4.97. The van der Waals surface area contributed by atoms with Crippen LogP contribution >= 0.6 is 11.3 Å². The molecule has 4 nitrogen and oxygen atoms in total. The van der Waals surface area contributed by atoms with Gasteiger partial charge in [0.1, 0.15) is 0 Å². The Balaban J connectivity index is 1.58. The second-order valence-electron chi connectivity index (χ2n) is 5.36. The lowest BCUT2D eigenvalue weighted by atomic mass is 10.1. The second-order valence-corrected chi connectivity index (χ2v) is 6.36. The zero-order valence-electron chi connectivity index (χ0n) is 11.0. The highest BCUT2D eigenvalue weighted by Crippen LogP contribution is 2.27. The second kappa shape index (κ2) is 5.61. The molecule has 2 heterocycles. The van der Waals surface area contributed by atoms with Crippen molar-refractivity contribution in [3.05, 3.63) is 21.9 Å². The lowest BCUT2D eigenvalue weighted by Gasteiger charge is -2.30. The molecule has 0 atom stereocenters. The number of amides is 1. The fourth-order valence-corrected chi connectivity index (χ4v) is 3.58. The number of carbonyl (C=O) groups is 1. The lowest BCUT2D eigenvalue weighted by molar-refractivity contribution is -0.133. The van der Waals surface area contributed by atoms with Gasteiger partial charge in [-0.1, -0.05) is 0 Å². The van der Waals surface area contributed by atoms with Gasteiger partial charge in [0.2, 0.25) is 5.91 Å². The molecule has 0 saturated heterocycles. The van der Waals surface area contributed by atoms with Crippen LogP contribution in [0.25, 0.3) is 0 Å². The molecule has 0 aromatic carbocycles. The molecule has 1 aromatic heterocycles. The number of hydrogen-bond donors (Lipinski definition) is 1. The molecule has 3 rings (SSSR count). The van der Waals surface area contributed by atoms with E-state index in [4.69, 9.17) is 5.11 Å². The Hall–Kier alpha value is -0.910. The predicted molar refractivity (Wildman–Crippen MR) is 75.1 cm³/mol. The molecule has 1 aliphatic carbocycles. The zero-order valence-corrected chi connectivity index (χ0v) is 11.9. The van der Waals surface area contributed by atoms with Crippen molar-refractivity contribution < 1.29 is 9.90 Å². The van der Waals surface area contributed by atoms with Crippen LogP contribution in [-0.4, -0.2) is 53.1 Å². The van der Waals surface area contributed by atoms with Gasteiger partial charge in [-0.05, 0) is 36.3 Å². The van der Waals surface area contributed by atoms with Crippen molar-refractivity contribution in [2.75, 3.05) is 26.2 Å². The van der Waals surface area contributed by atoms with Gasteiger partial charge >= 0.3 is 0 Å². The Bertz CT molecular complexity index is 456. The van der Waals surface area contributed by atoms with Crippen molar-refractivity contribution in [1.82, 2.24) is 9.80 Å². The summed E-state index contributed by atoms with van der Waals surface area (Å²) >= 11 is 1.79. The summed E-state index contributed by atoms with van der Waals surface area (Å²) in [6.45, 7) is 2.82. The molecule has 0 bridgehead atoms. The molecule has 1 aromatic rings. The molecular weight excluding hydrogens is 260 g/mol. The first-order valence-corrected chi connectivity index (χ1v) is 7.84. The Morgan fingerprint density at radius 1 is 1.53 bits per heavy atom. The molecule has 1 amide bonds. The third-order valence-electron chi connectivity index (χ3n) is 3.95. The molecule has 0 unspecified atom stereocenters. The minimum Gasteiger partial charge on any atom is -0.395 e. The van der Waals surface area contributed by atoms with Gasteiger partial charge in [0.15, 0.2) is 0 Å². The number of carbonyl (C=O) groups excluding carboxylic acids is 1. The van der Waals surface area contributed by atoms with Crippen LogP contribution in [-0.2, 0) is 17.8 Å². The fraction of sp³-hybridized carbons (Fsp3) is 0.643. The Morgan fingerprint density at radius 2 is 2.37 bits per heavy atom. The van der Waals surface area contributed by atoms with Gasteiger partial charge in [0.25, 0.3) is 0 Å². The van der Waals surface area contributed by atoms with Gasteiger partial charge in [0, 0.05) is 30.6 Å². The molecule has 19 heavy (non-hydrogen) atoms. The van der Waals surface area contributed by atoms with Gasteiger partial charge < -0.3 is 10.0 Å². The molecule has 1 N–H and O–H groups in total. The maximum atomic E-state index is 12.4. The average Bonchev–Trinajstić information content (AvgIpc) is 3.15. The summed E-state index contributed by atoms with van der Waals surface area (Å²) in [4.78, 5) is 17.9. The van der Waals surface area contributed by atoms with E-state index in [1.807, 2.05) is 4.90 Å². The van der Waals surface area contributed by atoms with Crippen molar-refractivity contribution in [2.24, 2.45) is 0 Å². The first kappa shape index (κ1) is 13.1. The minimum absolute atomic E-state index is 0.137. The van der Waals surface area contributed by atoms with Crippen molar-refractivity contribution in [2.45, 2.75) is 31.8 Å². The fourth-order valence-electron chi connectivity index (χ4n) is 2.69. The Labute approximate surface area is 117 Å². The summed E-state index contributed by atoms with van der Waals surface area (Å²) in [5.74, 6) is 0.206. The number of fused-ring (bicyclic) bond motifs is 1. The van der Waals surface area contributed by atoms with Crippen LogP contribution in [0.2, 0.25) is 0 Å². The highest BCUT2D eigenvalue weighted by molar-refractivity contribution is 7.10. The number of aliphatic hydroxyl groups is 1. The number of thiophene rings is 1. The summed E-state index contributed by atoms with van der Waals surface area (Å²) in [7, 11) is 0. The van der Waals surface area contributed by atoms with E-state index in [0.717, 1.165) is 19.5 Å². The number of hydrogen-bond acceptors (Lipinski definition) is 4. The molecule has 1 aliphatic heterocycles. The van der Waals surface area contributed by atoms with Crippen LogP contribution in [0.1, 0.15) is 23.3 Å². The maximum Gasteiger partial charge on any atom is 0.237 e. The van der Waals surface area contributed by atoms with Gasteiger partial charge in [-0.15, -0.1) is 11.3 Å². The largest absolute Gasteiger partial charge is 0.395 e. The summed E-state index contributed by atoms with van der Waals surface area (Å²) < 4.78 is 0. The van der Waals surface area contributed by atoms with Crippen LogP contribution in [0.3, 0.4) is 0 Å². The predicted octanol–water partition coefficient (Wildman–Crippen LogP) is 1.09. The van der Waals surface area contributed by atoms with E-state index in [0.29, 0.717) is 19.1 Å². The van der Waals surface area contributed by atoms with E-state index in [1.165, 1.54) is 23.3 Å². The summed E-state index contributed by atoms with van der Waals surface area (Å²) in [6, 6.07) is 2.66. The first-order valence-electron chi connectivity index (χ1n) is 6.96. The van der Waals surface area contributed by atoms with E-state index in [2.05, 4.69) is 16.3 Å². The van der Waals surface area contributed by atoms with E-state index >= 15 is 0 Å². The standard InChI is InChI=1S/C14H20N2O2S/c17-7-6-15(12-1-2-12)10-14(18)16-5-3-13-11(9-16)4-8-19-13/h4,8,12,17H,1-3,5-7,9-10H2. The number of aliphatic hydroxyl groups excluding tert-OH is 1. The Kier molecular flexibility index (Phi) is 3.86. The Morgan fingerprint density at radius 3 is 3.11 bits per heavy atom. The van der Waals surface area contributed by atoms with Crippen molar-refractivity contribution in [3.8, 4) is 0 Å². The number of rotatable bonds is 5. The molecule has 2 aliphatic rings. The maximum absolute atomic E-state index is 12.4. The molecule has 1 fully saturated rings. The molecule has 0 spiro atoms. The van der Waals surface area contributed by atoms with Crippen LogP contribution in [0, 0.1) is 0 Å². The van der Waals surface area contributed by atoms with E-state index in [1.54, 1.807) is 11.3 Å². The summed E-state index contributed by atoms with van der Waals surface area (Å²) in [5.41, 5.74) is 1.31. The quantitative estimate of drug-likeness (QED) is 0.878. The van der Waals surface area contributed by atoms with Gasteiger partial charge in [-0.25, -0.2) is 0 Å². The first-order chi connectivity index (χ1) is 9.28. The molecular formula is C14H20N2O2S. The average molecular weight is 280 g/mol. The molecule has 104 valence electrons. The van der Waals surface area contributed by atoms with Crippen molar-refractivity contribution in [3.63, 3.8) is 0 Å². The minimum atomic E-state index is 0.137. The van der Waals surface area contributed by atoms with Crippen molar-refractivity contribution in [1.29, 1.82) is 0 Å². The molecule has 5 heteroatoms. The van der Waals surface area contributed by atoms with Crippen LogP contribution in [0.5, 0.6) is 0 Å². The summed E-state index contributed by atoms with van der Waals surface area (Å²) in [6.07, 6.45) is 3.33. The SMILES string of the molecule is O=C(CN(CCO)C1CC1)N1CCc2sccc2C1. The van der Waals surface area contributed by atoms with Crippen molar-refractivity contribution >= 4 is 17.2 Å². The van der Waals surface area contributed by atoms with Crippen LogP contribution in [0.4, 0.5) is 0 Å². The van der Waals surface area contributed by atoms with E-state index in [9.17, 15) is 4.79 Å². The van der Waals surface area contributed by atoms with E-state index < -0.39 is 0 Å². The van der Waals surface area contributed by atoms with E-state index in [-0.39, 0.29) is 12.5 Å². The van der Waals surface area contributed by atoms with Crippen LogP contribution in [0.15, 0.2) is 11.4 Å². The lowest BCUT2D eigenvalue weighted by Crippen LogP contribution is -2.43. The summed E-state index contributed by atoms with van der Waals surface area (Å²) in [5, 5.41) is 11.2. The topological polar surface area (TPSA) is 43.8 Å². The smallest absolute Gasteiger partial charge is 0.237 e. The van der Waals surface area contributed by atoms with Gasteiger partial charge in [-0.3, -0.25) is 9.69 Å². The highest BCUT2D eigenvalue weighted by atomic mass is 32.1. The zero-order chi connectivity index (χ0) is 13.2. The molecule has 0 radical (unpaired) electrons. The van der Waals surface area contributed by atoms with Crippen LogP contribution < -0.4 is 0 Å². The normalized spacial score (nSPS) is 18.7. The third kappa shape index (κ3) is 2.99. The number of nitrogens with zero attached hydrogens (tertiary/aromatic N) is 2. The highest BCUT2D eigenvalue weighted by Gasteiger charge is 2.31. The molecule has 1 saturated carbocycles. The monoisotopic (exact) mass is 280 g/mol.